The van der Waals surface area contributed by atoms with Gasteiger partial charge in [-0.1, -0.05) is 44.5 Å². The van der Waals surface area contributed by atoms with E-state index in [-0.39, 0.29) is 5.41 Å². The third kappa shape index (κ3) is 1.96. The second-order valence-corrected chi connectivity index (χ2v) is 4.74. The Morgan fingerprint density at radius 1 is 1.25 bits per heavy atom. The molecule has 0 aliphatic heterocycles. The van der Waals surface area contributed by atoms with Crippen LogP contribution < -0.4 is 0 Å². The molecular weight excluding hydrogens is 188 g/mol. The topological polar surface area (TPSA) is 0 Å². The van der Waals surface area contributed by atoms with Gasteiger partial charge in [0, 0.05) is 4.90 Å². The molecule has 1 rings (SSSR count). The zero-order valence-electron chi connectivity index (χ0n) is 7.56. The molecule has 0 fully saturated rings. The Labute approximate surface area is 84.3 Å². The maximum absolute atomic E-state index is 5.94. The Balaban J connectivity index is 3.26. The summed E-state index contributed by atoms with van der Waals surface area (Å²) in [7, 11) is 0. The molecule has 0 aliphatic carbocycles. The first kappa shape index (κ1) is 9.94. The van der Waals surface area contributed by atoms with Gasteiger partial charge in [0.1, 0.15) is 0 Å². The van der Waals surface area contributed by atoms with Crippen LogP contribution in [-0.2, 0) is 5.41 Å². The zero-order chi connectivity index (χ0) is 9.35. The van der Waals surface area contributed by atoms with E-state index in [4.69, 9.17) is 11.6 Å². The second kappa shape index (κ2) is 3.31. The van der Waals surface area contributed by atoms with Crippen LogP contribution in [0.2, 0.25) is 5.02 Å². The van der Waals surface area contributed by atoms with Gasteiger partial charge in [0.2, 0.25) is 0 Å². The number of thiol groups is 1. The summed E-state index contributed by atoms with van der Waals surface area (Å²) in [5.74, 6) is 0. The average molecular weight is 201 g/mol. The fourth-order valence-corrected chi connectivity index (χ4v) is 1.78. The van der Waals surface area contributed by atoms with Gasteiger partial charge >= 0.3 is 0 Å². The minimum absolute atomic E-state index is 0.113. The van der Waals surface area contributed by atoms with E-state index in [1.165, 1.54) is 5.56 Å². The molecule has 1 aromatic carbocycles. The van der Waals surface area contributed by atoms with Crippen LogP contribution in [-0.4, -0.2) is 0 Å². The first-order valence-corrected chi connectivity index (χ1v) is 4.73. The van der Waals surface area contributed by atoms with E-state index >= 15 is 0 Å². The van der Waals surface area contributed by atoms with Crippen molar-refractivity contribution in [2.75, 3.05) is 0 Å². The first-order valence-electron chi connectivity index (χ1n) is 3.91. The lowest BCUT2D eigenvalue weighted by Gasteiger charge is -2.21. The standard InChI is InChI=1S/C10H13ClS/c1-10(2,3)7-5-4-6-8(11)9(7)12/h4-6,12H,1-3H3. The molecule has 0 unspecified atom stereocenters. The molecule has 0 saturated carbocycles. The lowest BCUT2D eigenvalue weighted by atomic mass is 9.87. The van der Waals surface area contributed by atoms with Gasteiger partial charge in [0.05, 0.1) is 5.02 Å². The molecule has 0 aromatic heterocycles. The van der Waals surface area contributed by atoms with E-state index in [9.17, 15) is 0 Å². The van der Waals surface area contributed by atoms with Crippen LogP contribution >= 0.6 is 24.2 Å². The molecule has 66 valence electrons. The number of hydrogen-bond donors (Lipinski definition) is 1. The maximum Gasteiger partial charge on any atom is 0.0542 e. The summed E-state index contributed by atoms with van der Waals surface area (Å²) < 4.78 is 0. The van der Waals surface area contributed by atoms with Gasteiger partial charge in [-0.05, 0) is 17.0 Å². The second-order valence-electron chi connectivity index (χ2n) is 3.89. The Morgan fingerprint density at radius 2 is 1.83 bits per heavy atom. The van der Waals surface area contributed by atoms with E-state index in [0.29, 0.717) is 0 Å². The van der Waals surface area contributed by atoms with Crippen molar-refractivity contribution in [3.63, 3.8) is 0 Å². The molecule has 0 aliphatic rings. The molecule has 0 heterocycles. The van der Waals surface area contributed by atoms with Gasteiger partial charge in [0.15, 0.2) is 0 Å². The molecule has 0 bridgehead atoms. The largest absolute Gasteiger partial charge is 0.142 e. The summed E-state index contributed by atoms with van der Waals surface area (Å²) >= 11 is 10.3. The molecule has 12 heavy (non-hydrogen) atoms. The molecule has 0 amide bonds. The molecule has 0 N–H and O–H groups in total. The van der Waals surface area contributed by atoms with Crippen molar-refractivity contribution < 1.29 is 0 Å². The van der Waals surface area contributed by atoms with E-state index in [0.717, 1.165) is 9.92 Å². The minimum atomic E-state index is 0.113. The number of hydrogen-bond acceptors (Lipinski definition) is 1. The fourth-order valence-electron chi connectivity index (χ4n) is 1.12. The highest BCUT2D eigenvalue weighted by molar-refractivity contribution is 7.80. The maximum atomic E-state index is 5.94. The van der Waals surface area contributed by atoms with Crippen LogP contribution in [0.3, 0.4) is 0 Å². The van der Waals surface area contributed by atoms with E-state index in [1.54, 1.807) is 0 Å². The van der Waals surface area contributed by atoms with Crippen molar-refractivity contribution in [2.24, 2.45) is 0 Å². The highest BCUT2D eigenvalue weighted by Gasteiger charge is 2.17. The van der Waals surface area contributed by atoms with Crippen molar-refractivity contribution in [2.45, 2.75) is 31.1 Å². The van der Waals surface area contributed by atoms with Crippen LogP contribution in [0.15, 0.2) is 23.1 Å². The van der Waals surface area contributed by atoms with Gasteiger partial charge < -0.3 is 0 Å². The minimum Gasteiger partial charge on any atom is -0.142 e. The molecule has 0 atom stereocenters. The Hall–Kier alpha value is -0.140. The van der Waals surface area contributed by atoms with Gasteiger partial charge in [-0.3, -0.25) is 0 Å². The highest BCUT2D eigenvalue weighted by Crippen LogP contribution is 2.32. The Morgan fingerprint density at radius 3 is 2.25 bits per heavy atom. The summed E-state index contributed by atoms with van der Waals surface area (Å²) in [6, 6.07) is 5.88. The van der Waals surface area contributed by atoms with Crippen molar-refractivity contribution in [1.82, 2.24) is 0 Å². The van der Waals surface area contributed by atoms with Gasteiger partial charge in [0.25, 0.3) is 0 Å². The quantitative estimate of drug-likeness (QED) is 0.603. The summed E-state index contributed by atoms with van der Waals surface area (Å²) in [4.78, 5) is 0.895. The number of benzene rings is 1. The Bertz CT molecular complexity index is 286. The van der Waals surface area contributed by atoms with E-state index in [2.05, 4.69) is 39.5 Å². The van der Waals surface area contributed by atoms with Crippen LogP contribution in [0.1, 0.15) is 26.3 Å². The van der Waals surface area contributed by atoms with Crippen LogP contribution in [0.5, 0.6) is 0 Å². The molecule has 0 spiro atoms. The third-order valence-electron chi connectivity index (χ3n) is 1.79. The third-order valence-corrected chi connectivity index (χ3v) is 2.72. The first-order chi connectivity index (χ1) is 5.43. The lowest BCUT2D eigenvalue weighted by Crippen LogP contribution is -2.11. The molecule has 0 nitrogen and oxygen atoms in total. The van der Waals surface area contributed by atoms with E-state index < -0.39 is 0 Å². The predicted molar refractivity (Wildman–Crippen MR) is 57.4 cm³/mol. The van der Waals surface area contributed by atoms with E-state index in [1.807, 2.05) is 12.1 Å². The normalized spacial score (nSPS) is 11.8. The number of halogens is 1. The molecule has 0 radical (unpaired) electrons. The SMILES string of the molecule is CC(C)(C)c1cccc(Cl)c1S. The molecule has 2 heteroatoms. The van der Waals surface area contributed by atoms with Crippen LogP contribution in [0.4, 0.5) is 0 Å². The fraction of sp³-hybridized carbons (Fsp3) is 0.400. The van der Waals surface area contributed by atoms with Gasteiger partial charge in [-0.2, -0.15) is 0 Å². The molecule has 1 aromatic rings. The average Bonchev–Trinajstić information content (AvgIpc) is 1.92. The summed E-state index contributed by atoms with van der Waals surface area (Å²) in [6.45, 7) is 6.45. The van der Waals surface area contributed by atoms with Crippen LogP contribution in [0.25, 0.3) is 0 Å². The van der Waals surface area contributed by atoms with Crippen molar-refractivity contribution in [1.29, 1.82) is 0 Å². The predicted octanol–water partition coefficient (Wildman–Crippen LogP) is 3.93. The van der Waals surface area contributed by atoms with Crippen molar-refractivity contribution >= 4 is 24.2 Å². The number of rotatable bonds is 0. The molecule has 0 saturated heterocycles. The van der Waals surface area contributed by atoms with Gasteiger partial charge in [-0.25, -0.2) is 0 Å². The monoisotopic (exact) mass is 200 g/mol. The highest BCUT2D eigenvalue weighted by atomic mass is 35.5. The Kier molecular flexibility index (Phi) is 2.74. The lowest BCUT2D eigenvalue weighted by molar-refractivity contribution is 0.578. The smallest absolute Gasteiger partial charge is 0.0542 e. The van der Waals surface area contributed by atoms with Crippen molar-refractivity contribution in [3.8, 4) is 0 Å². The molecular formula is C10H13ClS. The summed E-state index contributed by atoms with van der Waals surface area (Å²) in [5, 5.41) is 0.728. The van der Waals surface area contributed by atoms with Crippen LogP contribution in [0, 0.1) is 0 Å². The summed E-state index contributed by atoms with van der Waals surface area (Å²) in [5.41, 5.74) is 1.31. The van der Waals surface area contributed by atoms with Gasteiger partial charge in [-0.15, -0.1) is 12.6 Å². The zero-order valence-corrected chi connectivity index (χ0v) is 9.21. The summed E-state index contributed by atoms with van der Waals surface area (Å²) in [6.07, 6.45) is 0. The van der Waals surface area contributed by atoms with Crippen molar-refractivity contribution in [3.05, 3.63) is 28.8 Å².